The number of nitrogens with zero attached hydrogens (tertiary/aromatic N) is 1. The third-order valence-electron chi connectivity index (χ3n) is 2.08. The van der Waals surface area contributed by atoms with Crippen molar-refractivity contribution in [3.05, 3.63) is 33.6 Å². The van der Waals surface area contributed by atoms with Crippen molar-refractivity contribution in [1.29, 1.82) is 0 Å². The van der Waals surface area contributed by atoms with Crippen molar-refractivity contribution < 1.29 is 19.2 Å². The molecule has 2 N–H and O–H groups in total. The lowest BCUT2D eigenvalue weighted by Gasteiger charge is -2.07. The van der Waals surface area contributed by atoms with Gasteiger partial charge in [-0.15, -0.1) is 0 Å². The van der Waals surface area contributed by atoms with Crippen LogP contribution in [0.25, 0.3) is 0 Å². The Bertz CT molecular complexity index is 462. The zero-order valence-corrected chi connectivity index (χ0v) is 9.07. The van der Waals surface area contributed by atoms with Crippen molar-refractivity contribution in [2.24, 2.45) is 0 Å². The average molecular weight is 242 g/mol. The van der Waals surface area contributed by atoms with Gasteiger partial charge in [0.05, 0.1) is 16.6 Å². The molecular formula is C10H11FN2O4. The smallest absolute Gasteiger partial charge is 0.338 e. The van der Waals surface area contributed by atoms with Gasteiger partial charge in [-0.05, 0) is 12.5 Å². The van der Waals surface area contributed by atoms with Crippen molar-refractivity contribution >= 4 is 17.3 Å². The van der Waals surface area contributed by atoms with Crippen LogP contribution < -0.4 is 5.32 Å². The van der Waals surface area contributed by atoms with Crippen LogP contribution in [0.3, 0.4) is 0 Å². The Morgan fingerprint density at radius 2 is 2.24 bits per heavy atom. The van der Waals surface area contributed by atoms with Gasteiger partial charge in [0.25, 0.3) is 5.69 Å². The molecular weight excluding hydrogens is 231 g/mol. The molecule has 0 atom stereocenters. The molecule has 6 nitrogen and oxygen atoms in total. The SMILES string of the molecule is CCCNc1cc(C(=O)O)c(F)cc1[N+](=O)[O-]. The van der Waals surface area contributed by atoms with Crippen LogP contribution in [0.5, 0.6) is 0 Å². The molecule has 0 aliphatic carbocycles. The molecule has 0 spiro atoms. The number of rotatable bonds is 5. The van der Waals surface area contributed by atoms with Crippen molar-refractivity contribution in [3.8, 4) is 0 Å². The number of nitro groups is 1. The molecule has 0 fully saturated rings. The molecule has 92 valence electrons. The first-order valence-electron chi connectivity index (χ1n) is 4.92. The summed E-state index contributed by atoms with van der Waals surface area (Å²) >= 11 is 0. The number of carbonyl (C=O) groups is 1. The quantitative estimate of drug-likeness (QED) is 0.610. The highest BCUT2D eigenvalue weighted by atomic mass is 19.1. The fourth-order valence-corrected chi connectivity index (χ4v) is 1.28. The molecule has 0 unspecified atom stereocenters. The van der Waals surface area contributed by atoms with Crippen LogP contribution >= 0.6 is 0 Å². The number of carboxylic acid groups (broad SMARTS) is 1. The van der Waals surface area contributed by atoms with E-state index in [-0.39, 0.29) is 5.69 Å². The Morgan fingerprint density at radius 1 is 1.59 bits per heavy atom. The van der Waals surface area contributed by atoms with Crippen molar-refractivity contribution in [2.45, 2.75) is 13.3 Å². The van der Waals surface area contributed by atoms with Crippen molar-refractivity contribution in [2.75, 3.05) is 11.9 Å². The second-order valence-electron chi connectivity index (χ2n) is 3.34. The fourth-order valence-electron chi connectivity index (χ4n) is 1.28. The van der Waals surface area contributed by atoms with Gasteiger partial charge in [0, 0.05) is 6.54 Å². The second-order valence-corrected chi connectivity index (χ2v) is 3.34. The lowest BCUT2D eigenvalue weighted by atomic mass is 10.1. The van der Waals surface area contributed by atoms with E-state index in [0.717, 1.165) is 6.07 Å². The average Bonchev–Trinajstić information content (AvgIpc) is 2.26. The van der Waals surface area contributed by atoms with Gasteiger partial charge in [0.15, 0.2) is 0 Å². The minimum Gasteiger partial charge on any atom is -0.478 e. The van der Waals surface area contributed by atoms with E-state index in [1.807, 2.05) is 6.92 Å². The van der Waals surface area contributed by atoms with Gasteiger partial charge >= 0.3 is 5.97 Å². The summed E-state index contributed by atoms with van der Waals surface area (Å²) in [4.78, 5) is 20.6. The van der Waals surface area contributed by atoms with Crippen LogP contribution in [0.1, 0.15) is 23.7 Å². The zero-order chi connectivity index (χ0) is 13.0. The first-order valence-corrected chi connectivity index (χ1v) is 4.92. The molecule has 1 rings (SSSR count). The summed E-state index contributed by atoms with van der Waals surface area (Å²) in [5, 5.41) is 22.1. The number of benzene rings is 1. The summed E-state index contributed by atoms with van der Waals surface area (Å²) in [5.41, 5.74) is -1.05. The van der Waals surface area contributed by atoms with Crippen LogP contribution in [0.2, 0.25) is 0 Å². The number of hydrogen-bond donors (Lipinski definition) is 2. The molecule has 1 aromatic carbocycles. The summed E-state index contributed by atoms with van der Waals surface area (Å²) in [7, 11) is 0. The van der Waals surface area contributed by atoms with E-state index in [1.54, 1.807) is 0 Å². The van der Waals surface area contributed by atoms with Gasteiger partial charge in [-0.1, -0.05) is 6.92 Å². The topological polar surface area (TPSA) is 92.5 Å². The number of halogens is 1. The normalized spacial score (nSPS) is 10.0. The Hall–Kier alpha value is -2.18. The maximum atomic E-state index is 13.3. The van der Waals surface area contributed by atoms with E-state index in [9.17, 15) is 19.3 Å². The standard InChI is InChI=1S/C10H11FN2O4/c1-2-3-12-8-4-6(10(14)15)7(11)5-9(8)13(16)17/h4-5,12H,2-3H2,1H3,(H,14,15). The number of nitro benzene ring substituents is 1. The molecule has 0 aliphatic rings. The van der Waals surface area contributed by atoms with Crippen LogP contribution in [0, 0.1) is 15.9 Å². The summed E-state index contributed by atoms with van der Waals surface area (Å²) in [6.07, 6.45) is 0.705. The summed E-state index contributed by atoms with van der Waals surface area (Å²) in [6, 6.07) is 1.55. The number of anilines is 1. The highest BCUT2D eigenvalue weighted by molar-refractivity contribution is 5.90. The number of carboxylic acids is 1. The lowest BCUT2D eigenvalue weighted by molar-refractivity contribution is -0.384. The highest BCUT2D eigenvalue weighted by Gasteiger charge is 2.21. The van der Waals surface area contributed by atoms with Gasteiger partial charge < -0.3 is 10.4 Å². The van der Waals surface area contributed by atoms with E-state index >= 15 is 0 Å². The minimum absolute atomic E-state index is 0.00986. The summed E-state index contributed by atoms with van der Waals surface area (Å²) in [5.74, 6) is -2.58. The van der Waals surface area contributed by atoms with E-state index < -0.39 is 28.0 Å². The largest absolute Gasteiger partial charge is 0.478 e. The maximum Gasteiger partial charge on any atom is 0.338 e. The first kappa shape index (κ1) is 12.9. The van der Waals surface area contributed by atoms with Crippen LogP contribution in [-0.4, -0.2) is 22.5 Å². The molecule has 0 amide bonds. The highest BCUT2D eigenvalue weighted by Crippen LogP contribution is 2.27. The van der Waals surface area contributed by atoms with Gasteiger partial charge in [-0.25, -0.2) is 9.18 Å². The number of aromatic carboxylic acids is 1. The molecule has 0 bridgehead atoms. The Balaban J connectivity index is 3.26. The predicted octanol–water partition coefficient (Wildman–Crippen LogP) is 2.25. The maximum absolute atomic E-state index is 13.3. The Labute approximate surface area is 96.2 Å². The monoisotopic (exact) mass is 242 g/mol. The van der Waals surface area contributed by atoms with Crippen LogP contribution in [0.4, 0.5) is 15.8 Å². The number of nitrogens with one attached hydrogen (secondary N) is 1. The third-order valence-corrected chi connectivity index (χ3v) is 2.08. The molecule has 0 radical (unpaired) electrons. The van der Waals surface area contributed by atoms with Gasteiger partial charge in [0.1, 0.15) is 11.5 Å². The van der Waals surface area contributed by atoms with Gasteiger partial charge in [0.2, 0.25) is 0 Å². The van der Waals surface area contributed by atoms with E-state index in [0.29, 0.717) is 19.0 Å². The minimum atomic E-state index is -1.46. The van der Waals surface area contributed by atoms with E-state index in [4.69, 9.17) is 5.11 Å². The van der Waals surface area contributed by atoms with Gasteiger partial charge in [-0.3, -0.25) is 10.1 Å². The number of hydrogen-bond acceptors (Lipinski definition) is 4. The summed E-state index contributed by atoms with van der Waals surface area (Å²) in [6.45, 7) is 2.28. The fraction of sp³-hybridized carbons (Fsp3) is 0.300. The lowest BCUT2D eigenvalue weighted by Crippen LogP contribution is -2.08. The van der Waals surface area contributed by atoms with Gasteiger partial charge in [-0.2, -0.15) is 0 Å². The van der Waals surface area contributed by atoms with E-state index in [2.05, 4.69) is 5.32 Å². The second kappa shape index (κ2) is 5.24. The summed E-state index contributed by atoms with van der Waals surface area (Å²) < 4.78 is 13.3. The molecule has 0 heterocycles. The molecule has 0 saturated heterocycles. The molecule has 1 aromatic rings. The van der Waals surface area contributed by atoms with Crippen LogP contribution in [-0.2, 0) is 0 Å². The molecule has 17 heavy (non-hydrogen) atoms. The Morgan fingerprint density at radius 3 is 2.71 bits per heavy atom. The molecule has 0 saturated carbocycles. The Kier molecular flexibility index (Phi) is 3.97. The van der Waals surface area contributed by atoms with Crippen molar-refractivity contribution in [1.82, 2.24) is 0 Å². The molecule has 0 aliphatic heterocycles. The van der Waals surface area contributed by atoms with Crippen LogP contribution in [0.15, 0.2) is 12.1 Å². The first-order chi connectivity index (χ1) is 7.97. The van der Waals surface area contributed by atoms with Crippen molar-refractivity contribution in [3.63, 3.8) is 0 Å². The molecule has 0 aromatic heterocycles. The molecule has 7 heteroatoms. The third kappa shape index (κ3) is 2.90. The van der Waals surface area contributed by atoms with E-state index in [1.165, 1.54) is 0 Å². The predicted molar refractivity (Wildman–Crippen MR) is 58.8 cm³/mol. The zero-order valence-electron chi connectivity index (χ0n) is 9.07.